The van der Waals surface area contributed by atoms with Crippen LogP contribution in [0.1, 0.15) is 251 Å². The molecule has 0 spiro atoms. The number of nitrogens with zero attached hydrogens (tertiary/aromatic N) is 3. The van der Waals surface area contributed by atoms with Crippen molar-refractivity contribution in [1.29, 1.82) is 0 Å². The molecule has 2 heterocycles. The third kappa shape index (κ3) is 9.27. The number of piperidine rings is 1. The van der Waals surface area contributed by atoms with Crippen LogP contribution in [-0.2, 0) is 0 Å². The van der Waals surface area contributed by atoms with Crippen LogP contribution in [0.15, 0.2) is 0 Å². The molecular formula is C55H97N5. The van der Waals surface area contributed by atoms with Crippen LogP contribution in [0.5, 0.6) is 0 Å². The predicted octanol–water partition coefficient (Wildman–Crippen LogP) is 13.1. The van der Waals surface area contributed by atoms with Gasteiger partial charge in [0.1, 0.15) is 0 Å². The second-order valence-electron chi connectivity index (χ2n) is 24.6. The number of fused-ring (bicyclic) bond motifs is 2. The lowest BCUT2D eigenvalue weighted by Gasteiger charge is -2.67. The molecule has 2 N–H and O–H groups in total. The number of hydrogen-bond acceptors (Lipinski definition) is 5. The zero-order chi connectivity index (χ0) is 40.5. The summed E-state index contributed by atoms with van der Waals surface area (Å²) in [6, 6.07) is 7.36. The first-order valence-electron chi connectivity index (χ1n) is 28.4. The topological polar surface area (TPSA) is 33.8 Å². The van der Waals surface area contributed by atoms with Gasteiger partial charge in [-0.3, -0.25) is 25.3 Å². The number of hydrogen-bond donors (Lipinski definition) is 2. The van der Waals surface area contributed by atoms with E-state index >= 15 is 0 Å². The first-order valence-corrected chi connectivity index (χ1v) is 28.4. The third-order valence-corrected chi connectivity index (χ3v) is 21.0. The van der Waals surface area contributed by atoms with Gasteiger partial charge in [0, 0.05) is 54.4 Å². The Morgan fingerprint density at radius 1 is 0.367 bits per heavy atom. The molecule has 0 bridgehead atoms. The molecule has 2 aliphatic heterocycles. The van der Waals surface area contributed by atoms with E-state index in [0.29, 0.717) is 23.8 Å². The van der Waals surface area contributed by atoms with Gasteiger partial charge in [0.15, 0.2) is 0 Å². The van der Waals surface area contributed by atoms with E-state index in [2.05, 4.69) is 39.2 Å². The Labute approximate surface area is 371 Å². The van der Waals surface area contributed by atoms with E-state index in [1.54, 1.807) is 0 Å². The largest absolute Gasteiger partial charge is 0.298 e. The van der Waals surface area contributed by atoms with Crippen molar-refractivity contribution < 1.29 is 0 Å². The molecule has 2 saturated heterocycles. The molecule has 5 heteroatoms. The normalized spacial score (nSPS) is 40.7. The maximum Gasteiger partial charge on any atom is 0.0629 e. The molecular weight excluding hydrogens is 731 g/mol. The van der Waals surface area contributed by atoms with Gasteiger partial charge < -0.3 is 0 Å². The molecule has 60 heavy (non-hydrogen) atoms. The molecule has 0 amide bonds. The zero-order valence-corrected chi connectivity index (χ0v) is 39.7. The molecule has 9 unspecified atom stereocenters. The summed E-state index contributed by atoms with van der Waals surface area (Å²) >= 11 is 0. The smallest absolute Gasteiger partial charge is 0.0629 e. The van der Waals surface area contributed by atoms with Crippen LogP contribution in [0.2, 0.25) is 0 Å². The van der Waals surface area contributed by atoms with E-state index in [1.165, 1.54) is 238 Å². The molecule has 5 nitrogen and oxygen atoms in total. The standard InChI is InChI=1S/C55H97N5/c1-55(2)48-37-46(58(42-25-13-5-14-26-42)43-27-15-6-16-28-43)33-35-51(48)60(53-39-50(40-21-9-3-10-22-40)56-54(57-53)41-23-11-4-12-24-41)52-36-34-47(38-49(52)55)59(44-29-17-7-18-30-44)45-31-19-8-20-32-45/h40-54,56-57H,3-39H2,1-2H3. The van der Waals surface area contributed by atoms with Gasteiger partial charge >= 0.3 is 0 Å². The van der Waals surface area contributed by atoms with E-state index < -0.39 is 0 Å². The number of likely N-dealkylation sites (tertiary alicyclic amines) is 1. The molecule has 10 rings (SSSR count). The molecule has 10 fully saturated rings. The molecule has 10 aliphatic rings. The van der Waals surface area contributed by atoms with Crippen molar-refractivity contribution >= 4 is 0 Å². The van der Waals surface area contributed by atoms with E-state index in [9.17, 15) is 0 Å². The van der Waals surface area contributed by atoms with Crippen molar-refractivity contribution in [3.8, 4) is 0 Å². The van der Waals surface area contributed by atoms with Crippen molar-refractivity contribution in [3.63, 3.8) is 0 Å². The first-order chi connectivity index (χ1) is 29.5. The lowest BCUT2D eigenvalue weighted by Crippen LogP contribution is -2.75. The molecule has 8 aliphatic carbocycles. The fourth-order valence-corrected chi connectivity index (χ4v) is 18.1. The Kier molecular flexibility index (Phi) is 14.7. The Morgan fingerprint density at radius 2 is 0.733 bits per heavy atom. The van der Waals surface area contributed by atoms with Crippen LogP contribution in [0.25, 0.3) is 0 Å². The number of nitrogens with one attached hydrogen (secondary N) is 2. The summed E-state index contributed by atoms with van der Waals surface area (Å²) in [4.78, 5) is 10.0. The van der Waals surface area contributed by atoms with Gasteiger partial charge in [-0.25, -0.2) is 0 Å². The van der Waals surface area contributed by atoms with Gasteiger partial charge in [-0.15, -0.1) is 0 Å². The summed E-state index contributed by atoms with van der Waals surface area (Å²) in [5, 5.41) is 9.08. The van der Waals surface area contributed by atoms with Crippen LogP contribution in [0, 0.1) is 29.1 Å². The minimum absolute atomic E-state index is 0.400. The maximum atomic E-state index is 4.62. The van der Waals surface area contributed by atoms with Crippen LogP contribution in [-0.4, -0.2) is 81.4 Å². The van der Waals surface area contributed by atoms with Gasteiger partial charge in [0.05, 0.1) is 12.3 Å². The van der Waals surface area contributed by atoms with Crippen molar-refractivity contribution in [1.82, 2.24) is 25.3 Å². The molecule has 0 radical (unpaired) electrons. The van der Waals surface area contributed by atoms with E-state index in [0.717, 1.165) is 72.0 Å². The Balaban J connectivity index is 0.987. The predicted molar refractivity (Wildman–Crippen MR) is 252 cm³/mol. The quantitative estimate of drug-likeness (QED) is 0.242. The highest BCUT2D eigenvalue weighted by Crippen LogP contribution is 2.58. The summed E-state index contributed by atoms with van der Waals surface area (Å²) in [7, 11) is 0. The summed E-state index contributed by atoms with van der Waals surface area (Å²) in [6.45, 7) is 5.76. The van der Waals surface area contributed by atoms with Crippen LogP contribution < -0.4 is 10.6 Å². The van der Waals surface area contributed by atoms with Crippen LogP contribution in [0.3, 0.4) is 0 Å². The Bertz CT molecular complexity index is 1170. The van der Waals surface area contributed by atoms with Gasteiger partial charge in [-0.2, -0.15) is 0 Å². The van der Waals surface area contributed by atoms with Crippen molar-refractivity contribution in [3.05, 3.63) is 0 Å². The van der Waals surface area contributed by atoms with Crippen molar-refractivity contribution in [2.24, 2.45) is 29.1 Å². The third-order valence-electron chi connectivity index (χ3n) is 21.0. The van der Waals surface area contributed by atoms with Crippen molar-refractivity contribution in [2.45, 2.75) is 318 Å². The Hall–Kier alpha value is -0.200. The van der Waals surface area contributed by atoms with Gasteiger partial charge in [0.2, 0.25) is 0 Å². The lowest BCUT2D eigenvalue weighted by molar-refractivity contribution is -0.173. The summed E-state index contributed by atoms with van der Waals surface area (Å²) in [6.07, 6.45) is 55.7. The fourth-order valence-electron chi connectivity index (χ4n) is 18.1. The molecule has 342 valence electrons. The minimum atomic E-state index is 0.400. The fraction of sp³-hybridized carbons (Fsp3) is 1.00. The van der Waals surface area contributed by atoms with Crippen LogP contribution >= 0.6 is 0 Å². The van der Waals surface area contributed by atoms with E-state index in [4.69, 9.17) is 0 Å². The highest BCUT2D eigenvalue weighted by atomic mass is 15.4. The average Bonchev–Trinajstić information content (AvgIpc) is 3.31. The minimum Gasteiger partial charge on any atom is -0.298 e. The zero-order valence-electron chi connectivity index (χ0n) is 39.7. The van der Waals surface area contributed by atoms with E-state index in [-0.39, 0.29) is 0 Å². The monoisotopic (exact) mass is 828 g/mol. The average molecular weight is 828 g/mol. The first kappa shape index (κ1) is 43.7. The lowest BCUT2D eigenvalue weighted by atomic mass is 9.53. The summed E-state index contributed by atoms with van der Waals surface area (Å²) in [5.74, 6) is 3.36. The SMILES string of the molecule is CC1(C)C2CC(N(C3CCCCC3)C3CCCCC3)CCC2N(C2CC(C3CCCCC3)NC(C3CCCCC3)N2)C2CCC(N(C3CCCCC3)C3CCCCC3)CC21. The number of rotatable bonds is 9. The summed E-state index contributed by atoms with van der Waals surface area (Å²) in [5.41, 5.74) is 0.400. The molecule has 0 aromatic carbocycles. The molecule has 9 atom stereocenters. The molecule has 8 saturated carbocycles. The second-order valence-corrected chi connectivity index (χ2v) is 24.6. The highest BCUT2D eigenvalue weighted by Gasteiger charge is 2.60. The van der Waals surface area contributed by atoms with Crippen LogP contribution in [0.4, 0.5) is 0 Å². The molecule has 0 aromatic rings. The second kappa shape index (κ2) is 20.1. The molecule has 0 aromatic heterocycles. The van der Waals surface area contributed by atoms with Gasteiger partial charge in [-0.05, 0) is 151 Å². The Morgan fingerprint density at radius 3 is 1.13 bits per heavy atom. The highest BCUT2D eigenvalue weighted by molar-refractivity contribution is 5.12. The van der Waals surface area contributed by atoms with Crippen molar-refractivity contribution in [2.75, 3.05) is 0 Å². The van der Waals surface area contributed by atoms with Gasteiger partial charge in [0.25, 0.3) is 0 Å². The van der Waals surface area contributed by atoms with Gasteiger partial charge in [-0.1, -0.05) is 129 Å². The summed E-state index contributed by atoms with van der Waals surface area (Å²) < 4.78 is 0. The maximum absolute atomic E-state index is 4.62. The van der Waals surface area contributed by atoms with E-state index in [1.807, 2.05) is 0 Å².